The number of rotatable bonds is 5. The molecular formula is C9H14N2O4. The Hall–Kier alpha value is -1.74. The minimum absolute atomic E-state index is 0.446. The standard InChI is InChI=1S/C9H14N2O4/c1-3-6(4-2)10-9(15)11-7(5-12)8(13)14/h1,6-7,12H,4-5H2,2H3,(H,13,14)(H2,10,11,15)/t6?,7-/m1/s1. The molecule has 0 radical (unpaired) electrons. The van der Waals surface area contributed by atoms with Crippen LogP contribution in [0.5, 0.6) is 0 Å². The van der Waals surface area contributed by atoms with Crippen molar-refractivity contribution in [2.45, 2.75) is 25.4 Å². The van der Waals surface area contributed by atoms with Crippen molar-refractivity contribution in [2.75, 3.05) is 6.61 Å². The third-order valence-corrected chi connectivity index (χ3v) is 1.70. The fraction of sp³-hybridized carbons (Fsp3) is 0.556. The van der Waals surface area contributed by atoms with Crippen LogP contribution in [0.25, 0.3) is 0 Å². The topological polar surface area (TPSA) is 98.7 Å². The quantitative estimate of drug-likeness (QED) is 0.448. The zero-order valence-electron chi connectivity index (χ0n) is 8.36. The van der Waals surface area contributed by atoms with Crippen LogP contribution in [0.15, 0.2) is 0 Å². The van der Waals surface area contributed by atoms with Gasteiger partial charge in [0.1, 0.15) is 0 Å². The zero-order chi connectivity index (χ0) is 11.8. The van der Waals surface area contributed by atoms with Gasteiger partial charge in [0, 0.05) is 0 Å². The van der Waals surface area contributed by atoms with Gasteiger partial charge in [-0.05, 0) is 6.42 Å². The van der Waals surface area contributed by atoms with Crippen molar-refractivity contribution in [1.82, 2.24) is 10.6 Å². The molecule has 0 aliphatic rings. The summed E-state index contributed by atoms with van der Waals surface area (Å²) in [5.74, 6) is 1.02. The Kier molecular flexibility index (Phi) is 5.90. The van der Waals surface area contributed by atoms with Gasteiger partial charge in [0.2, 0.25) is 0 Å². The Balaban J connectivity index is 4.13. The first-order valence-corrected chi connectivity index (χ1v) is 4.42. The first-order chi connectivity index (χ1) is 7.04. The minimum Gasteiger partial charge on any atom is -0.480 e. The van der Waals surface area contributed by atoms with Gasteiger partial charge in [-0.15, -0.1) is 6.42 Å². The second kappa shape index (κ2) is 6.68. The number of amides is 2. The van der Waals surface area contributed by atoms with E-state index in [0.717, 1.165) is 0 Å². The number of carbonyl (C=O) groups excluding carboxylic acids is 1. The fourth-order valence-corrected chi connectivity index (χ4v) is 0.805. The summed E-state index contributed by atoms with van der Waals surface area (Å²) in [5.41, 5.74) is 0. The Morgan fingerprint density at radius 1 is 1.47 bits per heavy atom. The molecule has 0 aromatic rings. The molecule has 6 nitrogen and oxygen atoms in total. The molecule has 2 atom stereocenters. The molecule has 0 aliphatic heterocycles. The highest BCUT2D eigenvalue weighted by Gasteiger charge is 2.19. The van der Waals surface area contributed by atoms with Crippen LogP contribution < -0.4 is 10.6 Å². The van der Waals surface area contributed by atoms with Crippen LogP contribution in [0.1, 0.15) is 13.3 Å². The van der Waals surface area contributed by atoms with Gasteiger partial charge in [-0.3, -0.25) is 0 Å². The molecule has 0 saturated heterocycles. The number of hydrogen-bond acceptors (Lipinski definition) is 3. The molecule has 84 valence electrons. The third kappa shape index (κ3) is 4.88. The summed E-state index contributed by atoms with van der Waals surface area (Å²) in [6.07, 6.45) is 5.64. The van der Waals surface area contributed by atoms with Gasteiger partial charge in [0.05, 0.1) is 12.6 Å². The first kappa shape index (κ1) is 13.3. The summed E-state index contributed by atoms with van der Waals surface area (Å²) < 4.78 is 0. The lowest BCUT2D eigenvalue weighted by Crippen LogP contribution is -2.50. The van der Waals surface area contributed by atoms with E-state index in [4.69, 9.17) is 16.6 Å². The number of hydrogen-bond donors (Lipinski definition) is 4. The number of carboxylic acid groups (broad SMARTS) is 1. The highest BCUT2D eigenvalue weighted by atomic mass is 16.4. The molecule has 2 amide bonds. The number of aliphatic hydroxyl groups is 1. The number of carboxylic acids is 1. The number of nitrogens with one attached hydrogen (secondary N) is 2. The third-order valence-electron chi connectivity index (χ3n) is 1.70. The summed E-state index contributed by atoms with van der Waals surface area (Å²) in [6.45, 7) is 1.11. The molecule has 1 unspecified atom stereocenters. The Morgan fingerprint density at radius 3 is 2.40 bits per heavy atom. The fourth-order valence-electron chi connectivity index (χ4n) is 0.805. The lowest BCUT2D eigenvalue weighted by Gasteiger charge is -2.15. The monoisotopic (exact) mass is 214 g/mol. The molecule has 0 spiro atoms. The second-order valence-corrected chi connectivity index (χ2v) is 2.82. The summed E-state index contributed by atoms with van der Waals surface area (Å²) >= 11 is 0. The molecule has 0 heterocycles. The van der Waals surface area contributed by atoms with Crippen molar-refractivity contribution in [3.8, 4) is 12.3 Å². The maximum Gasteiger partial charge on any atom is 0.328 e. The van der Waals surface area contributed by atoms with Crippen molar-refractivity contribution in [2.24, 2.45) is 0 Å². The molecule has 0 aromatic heterocycles. The summed E-state index contributed by atoms with van der Waals surface area (Å²) in [5, 5.41) is 21.6. The molecule has 0 bridgehead atoms. The maximum atomic E-state index is 11.2. The molecular weight excluding hydrogens is 200 g/mol. The highest BCUT2D eigenvalue weighted by molar-refractivity contribution is 5.82. The largest absolute Gasteiger partial charge is 0.480 e. The Bertz CT molecular complexity index is 272. The lowest BCUT2D eigenvalue weighted by atomic mass is 10.2. The van der Waals surface area contributed by atoms with Crippen LogP contribution in [0, 0.1) is 12.3 Å². The average molecular weight is 214 g/mol. The van der Waals surface area contributed by atoms with Crippen molar-refractivity contribution < 1.29 is 19.8 Å². The van der Waals surface area contributed by atoms with Crippen molar-refractivity contribution in [3.05, 3.63) is 0 Å². The summed E-state index contributed by atoms with van der Waals surface area (Å²) in [4.78, 5) is 21.6. The first-order valence-electron chi connectivity index (χ1n) is 4.42. The molecule has 0 saturated carbocycles. The minimum atomic E-state index is -1.32. The predicted molar refractivity (Wildman–Crippen MR) is 53.1 cm³/mol. The number of urea groups is 1. The number of aliphatic carboxylic acids is 1. The molecule has 15 heavy (non-hydrogen) atoms. The molecule has 0 fully saturated rings. The van der Waals surface area contributed by atoms with Crippen LogP contribution in [0.4, 0.5) is 4.79 Å². The van der Waals surface area contributed by atoms with Crippen LogP contribution in [-0.2, 0) is 4.79 Å². The van der Waals surface area contributed by atoms with Gasteiger partial charge < -0.3 is 20.8 Å². The molecule has 0 aliphatic carbocycles. The lowest BCUT2D eigenvalue weighted by molar-refractivity contribution is -0.140. The number of aliphatic hydroxyl groups excluding tert-OH is 1. The van der Waals surface area contributed by atoms with E-state index in [9.17, 15) is 9.59 Å². The van der Waals surface area contributed by atoms with E-state index >= 15 is 0 Å². The van der Waals surface area contributed by atoms with Crippen LogP contribution in [0.2, 0.25) is 0 Å². The van der Waals surface area contributed by atoms with Crippen LogP contribution in [0.3, 0.4) is 0 Å². The SMILES string of the molecule is C#CC(CC)NC(=O)N[C@H](CO)C(=O)O. The van der Waals surface area contributed by atoms with E-state index < -0.39 is 30.7 Å². The Morgan fingerprint density at radius 2 is 2.07 bits per heavy atom. The van der Waals surface area contributed by atoms with Crippen molar-refractivity contribution in [3.63, 3.8) is 0 Å². The van der Waals surface area contributed by atoms with E-state index in [1.54, 1.807) is 6.92 Å². The highest BCUT2D eigenvalue weighted by Crippen LogP contribution is 1.88. The van der Waals surface area contributed by atoms with Gasteiger partial charge in [-0.1, -0.05) is 12.8 Å². The van der Waals surface area contributed by atoms with Crippen LogP contribution >= 0.6 is 0 Å². The average Bonchev–Trinajstić information content (AvgIpc) is 2.22. The summed E-state index contributed by atoms with van der Waals surface area (Å²) in [6, 6.07) is -2.47. The van der Waals surface area contributed by atoms with Gasteiger partial charge >= 0.3 is 12.0 Å². The predicted octanol–water partition coefficient (Wildman–Crippen LogP) is -0.857. The van der Waals surface area contributed by atoms with E-state index in [-0.39, 0.29) is 0 Å². The van der Waals surface area contributed by atoms with Crippen LogP contribution in [-0.4, -0.2) is 40.9 Å². The number of carbonyl (C=O) groups is 2. The second-order valence-electron chi connectivity index (χ2n) is 2.82. The molecule has 0 aromatic carbocycles. The van der Waals surface area contributed by atoms with Gasteiger partial charge in [0.15, 0.2) is 6.04 Å². The van der Waals surface area contributed by atoms with Gasteiger partial charge in [-0.2, -0.15) is 0 Å². The summed E-state index contributed by atoms with van der Waals surface area (Å²) in [7, 11) is 0. The van der Waals surface area contributed by atoms with Gasteiger partial charge in [-0.25, -0.2) is 9.59 Å². The van der Waals surface area contributed by atoms with Crippen molar-refractivity contribution >= 4 is 12.0 Å². The number of terminal acetylenes is 1. The zero-order valence-corrected chi connectivity index (χ0v) is 8.36. The van der Waals surface area contributed by atoms with E-state index in [0.29, 0.717) is 6.42 Å². The van der Waals surface area contributed by atoms with E-state index in [1.165, 1.54) is 0 Å². The molecule has 6 heteroatoms. The van der Waals surface area contributed by atoms with Crippen molar-refractivity contribution in [1.29, 1.82) is 0 Å². The maximum absolute atomic E-state index is 11.2. The normalized spacial score (nSPS) is 13.4. The van der Waals surface area contributed by atoms with E-state index in [1.807, 2.05) is 0 Å². The molecule has 4 N–H and O–H groups in total. The Labute approximate surface area is 87.7 Å². The van der Waals surface area contributed by atoms with Gasteiger partial charge in [0.25, 0.3) is 0 Å². The molecule has 0 rings (SSSR count). The smallest absolute Gasteiger partial charge is 0.328 e. The van der Waals surface area contributed by atoms with E-state index in [2.05, 4.69) is 16.6 Å².